The van der Waals surface area contributed by atoms with Crippen LogP contribution in [-0.2, 0) is 4.89 Å². The summed E-state index contributed by atoms with van der Waals surface area (Å²) in [5, 5.41) is 9.53. The molecular formula is C10H10O3. The van der Waals surface area contributed by atoms with Crippen LogP contribution >= 0.6 is 0 Å². The van der Waals surface area contributed by atoms with E-state index in [1.54, 1.807) is 24.3 Å². The Hall–Kier alpha value is -1.48. The van der Waals surface area contributed by atoms with E-state index in [1.165, 1.54) is 0 Å². The van der Waals surface area contributed by atoms with Gasteiger partial charge in [0.2, 0.25) is 0 Å². The molecule has 1 aromatic carbocycles. The quantitative estimate of drug-likeness (QED) is 0.558. The Bertz CT molecular complexity index is 333. The zero-order chi connectivity index (χ0) is 9.26. The lowest BCUT2D eigenvalue weighted by Gasteiger charge is -2.04. The molecule has 1 unspecified atom stereocenters. The second kappa shape index (κ2) is 3.11. The van der Waals surface area contributed by atoms with Crippen molar-refractivity contribution >= 4 is 0 Å². The molecule has 1 aliphatic rings. The van der Waals surface area contributed by atoms with Crippen molar-refractivity contribution in [3.63, 3.8) is 0 Å². The Kier molecular flexibility index (Phi) is 1.94. The average Bonchev–Trinajstić information content (AvgIpc) is 2.51. The van der Waals surface area contributed by atoms with Gasteiger partial charge in [-0.3, -0.25) is 0 Å². The maximum Gasteiger partial charge on any atom is 0.175 e. The van der Waals surface area contributed by atoms with Gasteiger partial charge in [-0.2, -0.15) is 4.89 Å². The van der Waals surface area contributed by atoms with Gasteiger partial charge in [0.15, 0.2) is 5.75 Å². The van der Waals surface area contributed by atoms with E-state index >= 15 is 0 Å². The normalized spacial score (nSPS) is 19.2. The van der Waals surface area contributed by atoms with Gasteiger partial charge in [-0.05, 0) is 18.6 Å². The zero-order valence-corrected chi connectivity index (χ0v) is 7.06. The number of phenolic OH excluding ortho intramolecular Hbond substituents is 1. The molecule has 1 aromatic rings. The predicted molar refractivity (Wildman–Crippen MR) is 47.4 cm³/mol. The summed E-state index contributed by atoms with van der Waals surface area (Å²) < 4.78 is 0. The molecule has 0 spiro atoms. The van der Waals surface area contributed by atoms with Crippen LogP contribution < -0.4 is 4.89 Å². The second-order valence-corrected chi connectivity index (χ2v) is 2.88. The van der Waals surface area contributed by atoms with Crippen LogP contribution in [0.5, 0.6) is 11.5 Å². The molecule has 0 aromatic heterocycles. The first-order chi connectivity index (χ1) is 6.33. The molecule has 3 nitrogen and oxygen atoms in total. The molecule has 2 rings (SSSR count). The van der Waals surface area contributed by atoms with Gasteiger partial charge >= 0.3 is 0 Å². The molecule has 0 amide bonds. The van der Waals surface area contributed by atoms with Crippen molar-refractivity contribution in [2.75, 3.05) is 0 Å². The fraction of sp³-hybridized carbons (Fsp3) is 0.200. The van der Waals surface area contributed by atoms with Crippen LogP contribution in [0.25, 0.3) is 0 Å². The molecule has 0 saturated heterocycles. The molecule has 1 N–H and O–H groups in total. The molecule has 13 heavy (non-hydrogen) atoms. The van der Waals surface area contributed by atoms with E-state index in [9.17, 15) is 5.11 Å². The third-order valence-corrected chi connectivity index (χ3v) is 2.00. The number of benzene rings is 1. The van der Waals surface area contributed by atoms with Crippen LogP contribution in [0, 0.1) is 0 Å². The van der Waals surface area contributed by atoms with E-state index in [0.29, 0.717) is 17.7 Å². The lowest BCUT2D eigenvalue weighted by Crippen LogP contribution is -1.95. The van der Waals surface area contributed by atoms with Crippen LogP contribution in [0.3, 0.4) is 0 Å². The third kappa shape index (κ3) is 1.27. The van der Waals surface area contributed by atoms with Crippen LogP contribution in [-0.4, -0.2) is 5.11 Å². The first kappa shape index (κ1) is 8.13. The number of rotatable bonds is 2. The van der Waals surface area contributed by atoms with Crippen molar-refractivity contribution in [2.45, 2.75) is 12.5 Å². The minimum Gasteiger partial charge on any atom is -0.507 e. The first-order valence-electron chi connectivity index (χ1n) is 4.09. The summed E-state index contributed by atoms with van der Waals surface area (Å²) in [7, 11) is 0. The zero-order valence-electron chi connectivity index (χ0n) is 7.06. The van der Waals surface area contributed by atoms with Gasteiger partial charge in [0.05, 0.1) is 5.56 Å². The summed E-state index contributed by atoms with van der Waals surface area (Å²) in [6, 6.07) is 5.10. The van der Waals surface area contributed by atoms with E-state index in [1.807, 2.05) is 0 Å². The van der Waals surface area contributed by atoms with E-state index < -0.39 is 0 Å². The van der Waals surface area contributed by atoms with E-state index in [-0.39, 0.29) is 11.9 Å². The molecule has 0 saturated carbocycles. The SMILES string of the molecule is C=CCC1OOc2cccc(O)c21. The minimum atomic E-state index is -0.228. The monoisotopic (exact) mass is 178 g/mol. The Morgan fingerprint density at radius 2 is 2.38 bits per heavy atom. The van der Waals surface area contributed by atoms with Crippen LogP contribution in [0.15, 0.2) is 30.9 Å². The highest BCUT2D eigenvalue weighted by molar-refractivity contribution is 5.46. The average molecular weight is 178 g/mol. The van der Waals surface area contributed by atoms with Crippen LogP contribution in [0.4, 0.5) is 0 Å². The fourth-order valence-corrected chi connectivity index (χ4v) is 1.40. The smallest absolute Gasteiger partial charge is 0.175 e. The Morgan fingerprint density at radius 1 is 1.54 bits per heavy atom. The summed E-state index contributed by atoms with van der Waals surface area (Å²) in [6.45, 7) is 3.61. The molecule has 3 heteroatoms. The molecule has 0 fully saturated rings. The Morgan fingerprint density at radius 3 is 3.15 bits per heavy atom. The molecule has 0 aliphatic carbocycles. The highest BCUT2D eigenvalue weighted by Gasteiger charge is 2.27. The topological polar surface area (TPSA) is 38.7 Å². The van der Waals surface area contributed by atoms with Crippen molar-refractivity contribution in [2.24, 2.45) is 0 Å². The van der Waals surface area contributed by atoms with E-state index in [4.69, 9.17) is 9.78 Å². The molecule has 68 valence electrons. The van der Waals surface area contributed by atoms with Crippen molar-refractivity contribution in [1.82, 2.24) is 0 Å². The van der Waals surface area contributed by atoms with E-state index in [0.717, 1.165) is 0 Å². The molecule has 1 atom stereocenters. The van der Waals surface area contributed by atoms with Gasteiger partial charge in [-0.1, -0.05) is 12.1 Å². The molecule has 1 aliphatic heterocycles. The summed E-state index contributed by atoms with van der Waals surface area (Å²) in [4.78, 5) is 9.95. The van der Waals surface area contributed by atoms with Crippen molar-refractivity contribution in [3.8, 4) is 11.5 Å². The Labute approximate surface area is 76.1 Å². The lowest BCUT2D eigenvalue weighted by atomic mass is 10.1. The maximum atomic E-state index is 9.53. The molecule has 0 bridgehead atoms. The fourth-order valence-electron chi connectivity index (χ4n) is 1.40. The summed E-state index contributed by atoms with van der Waals surface area (Å²) in [6.07, 6.45) is 2.13. The predicted octanol–water partition coefficient (Wildman–Crippen LogP) is 2.33. The second-order valence-electron chi connectivity index (χ2n) is 2.88. The van der Waals surface area contributed by atoms with Gasteiger partial charge in [-0.15, -0.1) is 6.58 Å². The largest absolute Gasteiger partial charge is 0.507 e. The number of phenols is 1. The van der Waals surface area contributed by atoms with Gasteiger partial charge in [0, 0.05) is 0 Å². The number of aromatic hydroxyl groups is 1. The number of hydrogen-bond acceptors (Lipinski definition) is 3. The molecule has 0 radical (unpaired) electrons. The summed E-state index contributed by atoms with van der Waals surface area (Å²) >= 11 is 0. The Balaban J connectivity index is 2.39. The third-order valence-electron chi connectivity index (χ3n) is 2.00. The van der Waals surface area contributed by atoms with Crippen LogP contribution in [0.1, 0.15) is 18.1 Å². The number of hydrogen-bond donors (Lipinski definition) is 1. The van der Waals surface area contributed by atoms with Crippen molar-refractivity contribution in [1.29, 1.82) is 0 Å². The van der Waals surface area contributed by atoms with E-state index in [2.05, 4.69) is 6.58 Å². The van der Waals surface area contributed by atoms with Gasteiger partial charge in [0.25, 0.3) is 0 Å². The van der Waals surface area contributed by atoms with Gasteiger partial charge < -0.3 is 9.99 Å². The van der Waals surface area contributed by atoms with Crippen LogP contribution in [0.2, 0.25) is 0 Å². The summed E-state index contributed by atoms with van der Waals surface area (Å²) in [5.41, 5.74) is 0.711. The number of fused-ring (bicyclic) bond motifs is 1. The highest BCUT2D eigenvalue weighted by atomic mass is 17.2. The standard InChI is InChI=1S/C10H10O3/c1-2-4-8-10-7(11)5-3-6-9(10)13-12-8/h2-3,5-6,8,11H,1,4H2. The highest BCUT2D eigenvalue weighted by Crippen LogP contribution is 2.42. The first-order valence-corrected chi connectivity index (χ1v) is 4.09. The summed E-state index contributed by atoms with van der Waals surface area (Å²) in [5.74, 6) is 0.800. The minimum absolute atomic E-state index is 0.210. The molecule has 1 heterocycles. The van der Waals surface area contributed by atoms with Gasteiger partial charge in [-0.25, -0.2) is 0 Å². The van der Waals surface area contributed by atoms with Crippen molar-refractivity contribution < 1.29 is 14.9 Å². The molecular weight excluding hydrogens is 168 g/mol. The van der Waals surface area contributed by atoms with Crippen molar-refractivity contribution in [3.05, 3.63) is 36.4 Å². The maximum absolute atomic E-state index is 9.53. The van der Waals surface area contributed by atoms with Gasteiger partial charge in [0.1, 0.15) is 11.9 Å². The lowest BCUT2D eigenvalue weighted by molar-refractivity contribution is -0.222.